The highest BCUT2D eigenvalue weighted by molar-refractivity contribution is 5.94. The zero-order chi connectivity index (χ0) is 22.5. The first kappa shape index (κ1) is 20.9. The van der Waals surface area contributed by atoms with Crippen molar-refractivity contribution >= 4 is 28.8 Å². The highest BCUT2D eigenvalue weighted by Crippen LogP contribution is 2.57. The number of hydrogen-bond donors (Lipinski definition) is 3. The standard InChI is InChI=1S/C26H31N5O/c1-16-12-21-22(13-17(16)2)30-24(29-21)23-14-26(10-11-31(23)3)9-8-20(26)25(32)28-19-6-4-18(15-27)5-7-19/h4-7,12-13,15,20,23,27H,8-11,14H2,1-3H3,(H,28,32)(H,29,30)/t20?,23-,26-/m1/s1. The number of imidazole rings is 1. The number of aryl methyl sites for hydroxylation is 2. The number of rotatable bonds is 4. The molecule has 1 saturated heterocycles. The van der Waals surface area contributed by atoms with Crippen molar-refractivity contribution in [2.24, 2.45) is 11.3 Å². The minimum atomic E-state index is 0.0370. The van der Waals surface area contributed by atoms with Crippen LogP contribution in [0.25, 0.3) is 11.0 Å². The first-order chi connectivity index (χ1) is 15.4. The van der Waals surface area contributed by atoms with E-state index in [1.807, 2.05) is 24.3 Å². The quantitative estimate of drug-likeness (QED) is 0.512. The summed E-state index contributed by atoms with van der Waals surface area (Å²) in [5, 5.41) is 10.4. The topological polar surface area (TPSA) is 84.9 Å². The predicted molar refractivity (Wildman–Crippen MR) is 128 cm³/mol. The molecule has 0 bridgehead atoms. The van der Waals surface area contributed by atoms with Crippen molar-refractivity contribution in [3.8, 4) is 0 Å². The summed E-state index contributed by atoms with van der Waals surface area (Å²) in [5.74, 6) is 1.17. The Kier molecular flexibility index (Phi) is 5.13. The third-order valence-corrected chi connectivity index (χ3v) is 7.86. The van der Waals surface area contributed by atoms with Crippen molar-refractivity contribution in [3.05, 3.63) is 58.9 Å². The Labute approximate surface area is 188 Å². The highest BCUT2D eigenvalue weighted by Gasteiger charge is 2.53. The molecule has 0 radical (unpaired) electrons. The average molecular weight is 430 g/mol. The van der Waals surface area contributed by atoms with E-state index < -0.39 is 0 Å². The van der Waals surface area contributed by atoms with Crippen LogP contribution in [-0.4, -0.2) is 40.6 Å². The number of hydrogen-bond acceptors (Lipinski definition) is 4. The Balaban J connectivity index is 1.36. The number of aromatic nitrogens is 2. The van der Waals surface area contributed by atoms with E-state index in [4.69, 9.17) is 10.4 Å². The summed E-state index contributed by atoms with van der Waals surface area (Å²) in [6, 6.07) is 12.0. The fourth-order valence-corrected chi connectivity index (χ4v) is 5.49. The number of carbonyl (C=O) groups excluding carboxylic acids is 1. The van der Waals surface area contributed by atoms with Gasteiger partial charge in [0.1, 0.15) is 5.82 Å². The van der Waals surface area contributed by atoms with Crippen LogP contribution in [0.5, 0.6) is 0 Å². The third kappa shape index (κ3) is 3.52. The molecule has 1 unspecified atom stereocenters. The van der Waals surface area contributed by atoms with Gasteiger partial charge in [-0.1, -0.05) is 12.1 Å². The Bertz CT molecular complexity index is 1140. The Hall–Kier alpha value is -2.99. The van der Waals surface area contributed by atoms with E-state index >= 15 is 0 Å². The molecule has 6 nitrogen and oxygen atoms in total. The number of carbonyl (C=O) groups is 1. The molecule has 2 aromatic carbocycles. The summed E-state index contributed by atoms with van der Waals surface area (Å²) in [5.41, 5.74) is 6.31. The van der Waals surface area contributed by atoms with Gasteiger partial charge >= 0.3 is 0 Å². The van der Waals surface area contributed by atoms with Gasteiger partial charge in [-0.15, -0.1) is 0 Å². The van der Waals surface area contributed by atoms with Gasteiger partial charge < -0.3 is 15.7 Å². The fraction of sp³-hybridized carbons (Fsp3) is 0.423. The molecule has 1 amide bonds. The smallest absolute Gasteiger partial charge is 0.228 e. The number of piperidine rings is 1. The van der Waals surface area contributed by atoms with Crippen LogP contribution < -0.4 is 5.32 Å². The number of amides is 1. The molecule has 3 N–H and O–H groups in total. The van der Waals surface area contributed by atoms with Crippen LogP contribution in [0.15, 0.2) is 36.4 Å². The number of H-pyrrole nitrogens is 1. The summed E-state index contributed by atoms with van der Waals surface area (Å²) >= 11 is 0. The second kappa shape index (κ2) is 7.85. The van der Waals surface area contributed by atoms with Gasteiger partial charge in [-0.25, -0.2) is 4.98 Å². The molecular formula is C26H31N5O. The minimum Gasteiger partial charge on any atom is -0.341 e. The maximum absolute atomic E-state index is 13.2. The van der Waals surface area contributed by atoms with Crippen LogP contribution in [0.1, 0.15) is 54.2 Å². The van der Waals surface area contributed by atoms with Crippen molar-refractivity contribution in [3.63, 3.8) is 0 Å². The summed E-state index contributed by atoms with van der Waals surface area (Å²) < 4.78 is 0. The number of fused-ring (bicyclic) bond motifs is 1. The van der Waals surface area contributed by atoms with E-state index in [2.05, 4.69) is 48.2 Å². The normalized spacial score (nSPS) is 25.6. The van der Waals surface area contributed by atoms with E-state index in [1.165, 1.54) is 17.3 Å². The van der Waals surface area contributed by atoms with Crippen LogP contribution in [0, 0.1) is 30.6 Å². The van der Waals surface area contributed by atoms with E-state index in [9.17, 15) is 4.79 Å². The molecule has 1 saturated carbocycles. The number of likely N-dealkylation sites (tertiary alicyclic amines) is 1. The van der Waals surface area contributed by atoms with Crippen molar-refractivity contribution < 1.29 is 4.79 Å². The van der Waals surface area contributed by atoms with Gasteiger partial charge in [0, 0.05) is 17.8 Å². The first-order valence-electron chi connectivity index (χ1n) is 11.5. The molecule has 2 fully saturated rings. The maximum Gasteiger partial charge on any atom is 0.228 e. The number of benzene rings is 2. The lowest BCUT2D eigenvalue weighted by Gasteiger charge is -2.54. The van der Waals surface area contributed by atoms with Crippen molar-refractivity contribution in [2.45, 2.75) is 45.6 Å². The summed E-state index contributed by atoms with van der Waals surface area (Å²) in [7, 11) is 2.17. The minimum absolute atomic E-state index is 0.0370. The summed E-state index contributed by atoms with van der Waals surface area (Å²) in [4.78, 5) is 24.1. The number of aromatic amines is 1. The molecule has 166 valence electrons. The van der Waals surface area contributed by atoms with Gasteiger partial charge in [-0.2, -0.15) is 0 Å². The lowest BCUT2D eigenvalue weighted by atomic mass is 9.54. The number of anilines is 1. The molecule has 5 rings (SSSR count). The molecule has 2 heterocycles. The Morgan fingerprint density at radius 2 is 1.97 bits per heavy atom. The van der Waals surface area contributed by atoms with Crippen molar-refractivity contribution in [1.29, 1.82) is 5.41 Å². The zero-order valence-corrected chi connectivity index (χ0v) is 19.0. The molecule has 1 aliphatic heterocycles. The molecule has 1 spiro atoms. The van der Waals surface area contributed by atoms with Crippen LogP contribution in [0.3, 0.4) is 0 Å². The molecule has 2 aliphatic rings. The van der Waals surface area contributed by atoms with Gasteiger partial charge in [0.15, 0.2) is 0 Å². The highest BCUT2D eigenvalue weighted by atomic mass is 16.2. The average Bonchev–Trinajstić information content (AvgIpc) is 3.16. The molecule has 3 atom stereocenters. The monoisotopic (exact) mass is 429 g/mol. The van der Waals surface area contributed by atoms with Crippen LogP contribution in [0.2, 0.25) is 0 Å². The van der Waals surface area contributed by atoms with Crippen LogP contribution in [0.4, 0.5) is 5.69 Å². The molecule has 1 aromatic heterocycles. The summed E-state index contributed by atoms with van der Waals surface area (Å²) in [6.07, 6.45) is 5.35. The van der Waals surface area contributed by atoms with Crippen LogP contribution >= 0.6 is 0 Å². The van der Waals surface area contributed by atoms with Gasteiger partial charge in [0.2, 0.25) is 5.91 Å². The second-order valence-electron chi connectivity index (χ2n) is 9.74. The second-order valence-corrected chi connectivity index (χ2v) is 9.74. The fourth-order valence-electron chi connectivity index (χ4n) is 5.49. The van der Waals surface area contributed by atoms with Crippen LogP contribution in [-0.2, 0) is 4.79 Å². The molecular weight excluding hydrogens is 398 g/mol. The Morgan fingerprint density at radius 3 is 2.66 bits per heavy atom. The summed E-state index contributed by atoms with van der Waals surface area (Å²) in [6.45, 7) is 5.23. The molecule has 32 heavy (non-hydrogen) atoms. The molecule has 6 heteroatoms. The van der Waals surface area contributed by atoms with E-state index in [-0.39, 0.29) is 23.3 Å². The molecule has 3 aromatic rings. The van der Waals surface area contributed by atoms with Crippen molar-refractivity contribution in [2.75, 3.05) is 18.9 Å². The zero-order valence-electron chi connectivity index (χ0n) is 19.0. The van der Waals surface area contributed by atoms with Gasteiger partial charge in [-0.05, 0) is 99.5 Å². The lowest BCUT2D eigenvalue weighted by Crippen LogP contribution is -2.53. The van der Waals surface area contributed by atoms with Gasteiger partial charge in [0.25, 0.3) is 0 Å². The van der Waals surface area contributed by atoms with E-state index in [1.54, 1.807) is 0 Å². The predicted octanol–water partition coefficient (Wildman–Crippen LogP) is 4.98. The lowest BCUT2D eigenvalue weighted by molar-refractivity contribution is -0.136. The SMILES string of the molecule is Cc1cc2nc([C@H]3C[C@@]4(CCC4C(=O)Nc4ccc(C=N)cc4)CCN3C)[nH]c2cc1C. The number of nitrogens with zero attached hydrogens (tertiary/aromatic N) is 2. The third-order valence-electron chi connectivity index (χ3n) is 7.86. The first-order valence-corrected chi connectivity index (χ1v) is 11.5. The van der Waals surface area contributed by atoms with E-state index in [0.29, 0.717) is 0 Å². The Morgan fingerprint density at radius 1 is 1.22 bits per heavy atom. The molecule has 1 aliphatic carbocycles. The largest absolute Gasteiger partial charge is 0.341 e. The van der Waals surface area contributed by atoms with Gasteiger partial charge in [0.05, 0.1) is 17.1 Å². The van der Waals surface area contributed by atoms with E-state index in [0.717, 1.165) is 60.3 Å². The number of nitrogens with one attached hydrogen (secondary N) is 3. The van der Waals surface area contributed by atoms with Crippen molar-refractivity contribution in [1.82, 2.24) is 14.9 Å². The van der Waals surface area contributed by atoms with Gasteiger partial charge in [-0.3, -0.25) is 9.69 Å². The maximum atomic E-state index is 13.2.